The van der Waals surface area contributed by atoms with Gasteiger partial charge in [0, 0.05) is 6.20 Å². The Morgan fingerprint density at radius 2 is 2.23 bits per heavy atom. The number of aromatic nitrogens is 1. The fourth-order valence-corrected chi connectivity index (χ4v) is 1.12. The molecule has 1 aromatic heterocycles. The van der Waals surface area contributed by atoms with Gasteiger partial charge in [-0.3, -0.25) is 9.78 Å². The van der Waals surface area contributed by atoms with E-state index in [1.807, 2.05) is 0 Å². The number of rotatable bonds is 2. The highest BCUT2D eigenvalue weighted by molar-refractivity contribution is 6.32. The number of pyridine rings is 1. The van der Waals surface area contributed by atoms with Gasteiger partial charge in [-0.1, -0.05) is 11.6 Å². The molecule has 2 nitrogen and oxygen atoms in total. The van der Waals surface area contributed by atoms with Crippen LogP contribution in [0.4, 0.5) is 8.78 Å². The minimum absolute atomic E-state index is 0.0906. The first kappa shape index (κ1) is 10.1. The van der Waals surface area contributed by atoms with Crippen molar-refractivity contribution in [2.75, 3.05) is 0 Å². The number of nitrogens with zero attached hydrogens (tertiary/aromatic N) is 1. The maximum atomic E-state index is 12.2. The van der Waals surface area contributed by atoms with Gasteiger partial charge in [-0.2, -0.15) is 0 Å². The van der Waals surface area contributed by atoms with Gasteiger partial charge in [-0.05, 0) is 12.5 Å². The molecule has 0 aliphatic rings. The maximum Gasteiger partial charge on any atom is 0.266 e. The number of alkyl halides is 2. The van der Waals surface area contributed by atoms with Crippen LogP contribution in [0, 0.1) is 6.92 Å². The predicted molar refractivity (Wildman–Crippen MR) is 44.3 cm³/mol. The molecule has 1 heterocycles. The van der Waals surface area contributed by atoms with Crippen molar-refractivity contribution >= 4 is 17.9 Å². The van der Waals surface area contributed by atoms with Gasteiger partial charge in [0.15, 0.2) is 6.29 Å². The summed E-state index contributed by atoms with van der Waals surface area (Å²) in [6.45, 7) is 1.48. The Kier molecular flexibility index (Phi) is 2.93. The fourth-order valence-electron chi connectivity index (χ4n) is 0.892. The molecule has 1 aromatic rings. The van der Waals surface area contributed by atoms with Crippen molar-refractivity contribution in [3.8, 4) is 0 Å². The summed E-state index contributed by atoms with van der Waals surface area (Å²) < 4.78 is 24.5. The van der Waals surface area contributed by atoms with Crippen LogP contribution in [-0.4, -0.2) is 11.3 Å². The second kappa shape index (κ2) is 3.79. The van der Waals surface area contributed by atoms with Crippen LogP contribution in [0.2, 0.25) is 5.02 Å². The summed E-state index contributed by atoms with van der Waals surface area (Å²) in [4.78, 5) is 13.9. The lowest BCUT2D eigenvalue weighted by atomic mass is 10.1. The summed E-state index contributed by atoms with van der Waals surface area (Å²) in [7, 11) is 0. The van der Waals surface area contributed by atoms with Gasteiger partial charge >= 0.3 is 0 Å². The SMILES string of the molecule is Cc1c(C=O)ncc(C(F)F)c1Cl. The number of carbonyl (C=O) groups excluding carboxylic acids is 1. The zero-order valence-corrected chi connectivity index (χ0v) is 7.48. The first-order valence-electron chi connectivity index (χ1n) is 3.46. The van der Waals surface area contributed by atoms with Gasteiger partial charge in [0.25, 0.3) is 6.43 Å². The van der Waals surface area contributed by atoms with E-state index in [4.69, 9.17) is 11.6 Å². The van der Waals surface area contributed by atoms with Crippen LogP contribution >= 0.6 is 11.6 Å². The van der Waals surface area contributed by atoms with Crippen LogP contribution in [-0.2, 0) is 0 Å². The topological polar surface area (TPSA) is 30.0 Å². The Balaban J connectivity index is 3.31. The first-order valence-corrected chi connectivity index (χ1v) is 3.84. The van der Waals surface area contributed by atoms with Crippen molar-refractivity contribution in [2.45, 2.75) is 13.3 Å². The average Bonchev–Trinajstić information content (AvgIpc) is 2.09. The maximum absolute atomic E-state index is 12.2. The van der Waals surface area contributed by atoms with Gasteiger partial charge < -0.3 is 0 Å². The third-order valence-corrected chi connectivity index (χ3v) is 2.16. The molecule has 0 unspecified atom stereocenters. The molecule has 0 saturated heterocycles. The van der Waals surface area contributed by atoms with Gasteiger partial charge in [0.1, 0.15) is 5.69 Å². The Morgan fingerprint density at radius 3 is 2.69 bits per heavy atom. The zero-order valence-electron chi connectivity index (χ0n) is 6.72. The molecule has 5 heteroatoms. The third kappa shape index (κ3) is 1.83. The van der Waals surface area contributed by atoms with Crippen molar-refractivity contribution in [3.63, 3.8) is 0 Å². The van der Waals surface area contributed by atoms with E-state index in [1.165, 1.54) is 6.92 Å². The summed E-state index contributed by atoms with van der Waals surface area (Å²) in [6, 6.07) is 0. The van der Waals surface area contributed by atoms with E-state index in [2.05, 4.69) is 4.98 Å². The molecule has 0 fully saturated rings. The van der Waals surface area contributed by atoms with E-state index in [9.17, 15) is 13.6 Å². The summed E-state index contributed by atoms with van der Waals surface area (Å²) in [5, 5.41) is -0.0906. The summed E-state index contributed by atoms with van der Waals surface area (Å²) in [5.41, 5.74) is 0.0358. The molecule has 0 radical (unpaired) electrons. The molecule has 13 heavy (non-hydrogen) atoms. The molecule has 70 valence electrons. The van der Waals surface area contributed by atoms with E-state index >= 15 is 0 Å². The highest BCUT2D eigenvalue weighted by atomic mass is 35.5. The molecule has 0 saturated carbocycles. The van der Waals surface area contributed by atoms with Gasteiger partial charge in [0.2, 0.25) is 0 Å². The van der Waals surface area contributed by atoms with Crippen molar-refractivity contribution in [1.82, 2.24) is 4.98 Å². The Labute approximate surface area is 78.5 Å². The number of carbonyl (C=O) groups is 1. The Hall–Kier alpha value is -1.03. The molecule has 1 rings (SSSR count). The van der Waals surface area contributed by atoms with Gasteiger partial charge in [-0.15, -0.1) is 0 Å². The molecule has 0 bridgehead atoms. The van der Waals surface area contributed by atoms with E-state index in [1.54, 1.807) is 0 Å². The largest absolute Gasteiger partial charge is 0.296 e. The third-order valence-electron chi connectivity index (χ3n) is 1.66. The van der Waals surface area contributed by atoms with Crippen molar-refractivity contribution in [2.24, 2.45) is 0 Å². The van der Waals surface area contributed by atoms with E-state index in [0.29, 0.717) is 6.29 Å². The minimum Gasteiger partial charge on any atom is -0.296 e. The molecule has 0 N–H and O–H groups in total. The highest BCUT2D eigenvalue weighted by Crippen LogP contribution is 2.29. The van der Waals surface area contributed by atoms with Crippen LogP contribution in [0.1, 0.15) is 28.0 Å². The summed E-state index contributed by atoms with van der Waals surface area (Å²) in [5.74, 6) is 0. The highest BCUT2D eigenvalue weighted by Gasteiger charge is 2.16. The number of hydrogen-bond acceptors (Lipinski definition) is 2. The normalized spacial score (nSPS) is 10.5. The molecule has 0 aliphatic carbocycles. The average molecular weight is 206 g/mol. The van der Waals surface area contributed by atoms with Crippen LogP contribution in [0.5, 0.6) is 0 Å². The van der Waals surface area contributed by atoms with Crippen molar-refractivity contribution < 1.29 is 13.6 Å². The number of hydrogen-bond donors (Lipinski definition) is 0. The number of aldehydes is 1. The molecular formula is C8H6ClF2NO. The van der Waals surface area contributed by atoms with Crippen LogP contribution in [0.25, 0.3) is 0 Å². The fraction of sp³-hybridized carbons (Fsp3) is 0.250. The summed E-state index contributed by atoms with van der Waals surface area (Å²) >= 11 is 5.59. The van der Waals surface area contributed by atoms with Crippen molar-refractivity contribution in [3.05, 3.63) is 28.0 Å². The second-order valence-corrected chi connectivity index (χ2v) is 2.83. The van der Waals surface area contributed by atoms with E-state index in [0.717, 1.165) is 6.20 Å². The molecule has 0 amide bonds. The molecule has 0 atom stereocenters. The summed E-state index contributed by atoms with van der Waals surface area (Å²) in [6.07, 6.45) is -1.26. The smallest absolute Gasteiger partial charge is 0.266 e. The predicted octanol–water partition coefficient (Wildman–Crippen LogP) is 2.79. The lowest BCUT2D eigenvalue weighted by Gasteiger charge is -2.06. The second-order valence-electron chi connectivity index (χ2n) is 2.46. The Morgan fingerprint density at radius 1 is 1.62 bits per heavy atom. The number of halogens is 3. The van der Waals surface area contributed by atoms with Crippen LogP contribution in [0.3, 0.4) is 0 Å². The quantitative estimate of drug-likeness (QED) is 0.695. The van der Waals surface area contributed by atoms with Crippen LogP contribution < -0.4 is 0 Å². The molecule has 0 aromatic carbocycles. The van der Waals surface area contributed by atoms with Crippen LogP contribution in [0.15, 0.2) is 6.20 Å². The molecule has 0 spiro atoms. The minimum atomic E-state index is -2.67. The lowest BCUT2D eigenvalue weighted by Crippen LogP contribution is -1.97. The van der Waals surface area contributed by atoms with Gasteiger partial charge in [0.05, 0.1) is 10.6 Å². The molecular weight excluding hydrogens is 200 g/mol. The van der Waals surface area contributed by atoms with Gasteiger partial charge in [-0.25, -0.2) is 8.78 Å². The zero-order chi connectivity index (χ0) is 10.0. The standard InChI is InChI=1S/C8H6ClF2NO/c1-4-6(3-13)12-2-5(7(4)9)8(10)11/h2-3,8H,1H3. The first-order chi connectivity index (χ1) is 6.07. The van der Waals surface area contributed by atoms with E-state index < -0.39 is 6.43 Å². The van der Waals surface area contributed by atoms with Crippen molar-refractivity contribution in [1.29, 1.82) is 0 Å². The molecule has 0 aliphatic heterocycles. The lowest BCUT2D eigenvalue weighted by molar-refractivity contribution is 0.111. The van der Waals surface area contributed by atoms with E-state index in [-0.39, 0.29) is 21.8 Å². The Bertz CT molecular complexity index is 341. The monoisotopic (exact) mass is 205 g/mol.